The second kappa shape index (κ2) is 8.14. The van der Waals surface area contributed by atoms with Gasteiger partial charge in [0.25, 0.3) is 0 Å². The maximum atomic E-state index is 12.3. The molecule has 2 aromatic carbocycles. The van der Waals surface area contributed by atoms with Crippen LogP contribution in [0.3, 0.4) is 0 Å². The number of para-hydroxylation sites is 1. The third-order valence-electron chi connectivity index (χ3n) is 4.88. The lowest BCUT2D eigenvalue weighted by atomic mass is 10.1. The number of aromatic amines is 2. The zero-order chi connectivity index (χ0) is 21.1. The predicted octanol–water partition coefficient (Wildman–Crippen LogP) is 5.47. The monoisotopic (exact) mass is 405 g/mol. The summed E-state index contributed by atoms with van der Waals surface area (Å²) in [4.78, 5) is 20.3. The number of amides is 1. The van der Waals surface area contributed by atoms with Crippen molar-refractivity contribution in [2.75, 3.05) is 13.2 Å². The van der Waals surface area contributed by atoms with E-state index in [1.807, 2.05) is 63.5 Å². The lowest BCUT2D eigenvalue weighted by molar-refractivity contribution is 0.0226. The number of nitrogens with one attached hydrogen (secondary N) is 2. The number of benzene rings is 2. The molecule has 1 aliphatic heterocycles. The Kier molecular flexibility index (Phi) is 5.40. The predicted molar refractivity (Wildman–Crippen MR) is 119 cm³/mol. The molecule has 0 atom stereocenters. The maximum absolute atomic E-state index is 12.3. The van der Waals surface area contributed by atoms with Crippen LogP contribution in [0.25, 0.3) is 21.8 Å². The maximum Gasteiger partial charge on any atom is 0.410 e. The summed E-state index contributed by atoms with van der Waals surface area (Å²) in [5.41, 5.74) is 2.78. The summed E-state index contributed by atoms with van der Waals surface area (Å²) in [7, 11) is 0. The molecule has 6 heteroatoms. The number of H-pyrrole nitrogens is 2. The fourth-order valence-electron chi connectivity index (χ4n) is 3.49. The Bertz CT molecular complexity index is 1120. The van der Waals surface area contributed by atoms with Crippen LogP contribution >= 0.6 is 0 Å². The molecule has 0 aliphatic carbocycles. The highest BCUT2D eigenvalue weighted by Crippen LogP contribution is 2.31. The molecule has 156 valence electrons. The summed E-state index contributed by atoms with van der Waals surface area (Å²) in [6.45, 7) is 7.11. The van der Waals surface area contributed by atoms with E-state index in [9.17, 15) is 4.79 Å². The van der Waals surface area contributed by atoms with E-state index in [2.05, 4.69) is 28.2 Å². The van der Waals surface area contributed by atoms with Crippen LogP contribution in [0.5, 0.6) is 5.75 Å². The fraction of sp³-hybridized carbons (Fsp3) is 0.292. The van der Waals surface area contributed by atoms with E-state index in [0.29, 0.717) is 19.7 Å². The summed E-state index contributed by atoms with van der Waals surface area (Å²) in [6, 6.07) is 16.2. The summed E-state index contributed by atoms with van der Waals surface area (Å²) in [5, 5.41) is 2.36. The minimum Gasteiger partial charge on any atom is -0.491 e. The van der Waals surface area contributed by atoms with Crippen molar-refractivity contribution in [3.63, 3.8) is 0 Å². The number of fused-ring (bicyclic) bond motifs is 4. The molecule has 5 rings (SSSR count). The van der Waals surface area contributed by atoms with Crippen LogP contribution in [0.2, 0.25) is 0 Å². The van der Waals surface area contributed by atoms with Crippen molar-refractivity contribution >= 4 is 27.9 Å². The molecular formula is C24H27N3O3. The summed E-state index contributed by atoms with van der Waals surface area (Å²) in [5.74, 6) is 0.841. The Labute approximate surface area is 175 Å². The highest BCUT2D eigenvalue weighted by atomic mass is 16.6. The van der Waals surface area contributed by atoms with E-state index in [1.54, 1.807) is 4.90 Å². The molecule has 3 heterocycles. The highest BCUT2D eigenvalue weighted by molar-refractivity contribution is 5.86. The molecule has 0 saturated heterocycles. The van der Waals surface area contributed by atoms with Gasteiger partial charge in [0.1, 0.15) is 18.0 Å². The largest absolute Gasteiger partial charge is 0.491 e. The SMILES string of the molecule is CC(C)(C)OC(=O)N1CCOc2ccc3[nH]ccc3c2C1.c1ccc2[nH]ccc2c1. The van der Waals surface area contributed by atoms with Gasteiger partial charge in [-0.05, 0) is 56.5 Å². The minimum atomic E-state index is -0.493. The average molecular weight is 405 g/mol. The number of rotatable bonds is 0. The number of aromatic nitrogens is 2. The lowest BCUT2D eigenvalue weighted by Gasteiger charge is -2.26. The van der Waals surface area contributed by atoms with Gasteiger partial charge in [-0.25, -0.2) is 4.79 Å². The van der Waals surface area contributed by atoms with E-state index < -0.39 is 5.60 Å². The van der Waals surface area contributed by atoms with E-state index in [0.717, 1.165) is 22.2 Å². The molecule has 1 aliphatic rings. The van der Waals surface area contributed by atoms with Gasteiger partial charge < -0.3 is 24.3 Å². The number of ether oxygens (including phenoxy) is 2. The first-order valence-electron chi connectivity index (χ1n) is 10.1. The first kappa shape index (κ1) is 19.9. The average Bonchev–Trinajstić information content (AvgIpc) is 3.32. The molecule has 4 aromatic rings. The lowest BCUT2D eigenvalue weighted by Crippen LogP contribution is -2.37. The minimum absolute atomic E-state index is 0.300. The van der Waals surface area contributed by atoms with Crippen molar-refractivity contribution in [3.8, 4) is 5.75 Å². The van der Waals surface area contributed by atoms with Gasteiger partial charge in [0.05, 0.1) is 13.1 Å². The Balaban J connectivity index is 0.000000200. The number of hydrogen-bond donors (Lipinski definition) is 2. The van der Waals surface area contributed by atoms with Crippen LogP contribution in [0.15, 0.2) is 60.9 Å². The first-order chi connectivity index (χ1) is 14.4. The van der Waals surface area contributed by atoms with Crippen molar-refractivity contribution in [2.45, 2.75) is 32.9 Å². The molecule has 0 saturated carbocycles. The Morgan fingerprint density at radius 2 is 1.77 bits per heavy atom. The third-order valence-corrected chi connectivity index (χ3v) is 4.88. The summed E-state index contributed by atoms with van der Waals surface area (Å²) < 4.78 is 11.2. The number of carbonyl (C=O) groups is 1. The molecule has 0 fully saturated rings. The first-order valence-corrected chi connectivity index (χ1v) is 10.1. The fourth-order valence-corrected chi connectivity index (χ4v) is 3.49. The van der Waals surface area contributed by atoms with Crippen LogP contribution in [0.4, 0.5) is 4.79 Å². The van der Waals surface area contributed by atoms with Crippen molar-refractivity contribution in [1.82, 2.24) is 14.9 Å². The zero-order valence-electron chi connectivity index (χ0n) is 17.6. The van der Waals surface area contributed by atoms with Gasteiger partial charge in [-0.2, -0.15) is 0 Å². The Hall–Kier alpha value is -3.41. The van der Waals surface area contributed by atoms with E-state index in [4.69, 9.17) is 9.47 Å². The Morgan fingerprint density at radius 3 is 2.57 bits per heavy atom. The van der Waals surface area contributed by atoms with Gasteiger partial charge in [0, 0.05) is 34.4 Å². The number of carbonyl (C=O) groups excluding carboxylic acids is 1. The van der Waals surface area contributed by atoms with Crippen molar-refractivity contribution in [1.29, 1.82) is 0 Å². The number of hydrogen-bond acceptors (Lipinski definition) is 3. The van der Waals surface area contributed by atoms with Crippen molar-refractivity contribution < 1.29 is 14.3 Å². The van der Waals surface area contributed by atoms with Gasteiger partial charge in [-0.3, -0.25) is 0 Å². The Morgan fingerprint density at radius 1 is 1.00 bits per heavy atom. The van der Waals surface area contributed by atoms with Crippen LogP contribution in [0.1, 0.15) is 26.3 Å². The van der Waals surface area contributed by atoms with E-state index in [1.165, 1.54) is 10.9 Å². The molecule has 6 nitrogen and oxygen atoms in total. The van der Waals surface area contributed by atoms with Crippen LogP contribution in [-0.4, -0.2) is 39.7 Å². The van der Waals surface area contributed by atoms with Gasteiger partial charge in [0.15, 0.2) is 0 Å². The highest BCUT2D eigenvalue weighted by Gasteiger charge is 2.26. The smallest absolute Gasteiger partial charge is 0.410 e. The second-order valence-corrected chi connectivity index (χ2v) is 8.30. The van der Waals surface area contributed by atoms with E-state index in [-0.39, 0.29) is 6.09 Å². The topological polar surface area (TPSA) is 70.3 Å². The van der Waals surface area contributed by atoms with E-state index >= 15 is 0 Å². The molecule has 1 amide bonds. The molecule has 0 spiro atoms. The van der Waals surface area contributed by atoms with Gasteiger partial charge >= 0.3 is 6.09 Å². The molecule has 0 bridgehead atoms. The van der Waals surface area contributed by atoms with Crippen LogP contribution in [0, 0.1) is 0 Å². The van der Waals surface area contributed by atoms with Crippen LogP contribution < -0.4 is 4.74 Å². The van der Waals surface area contributed by atoms with Crippen LogP contribution in [-0.2, 0) is 11.3 Å². The molecule has 0 unspecified atom stereocenters. The normalized spacial score (nSPS) is 13.8. The van der Waals surface area contributed by atoms with Gasteiger partial charge in [0.2, 0.25) is 0 Å². The molecule has 2 N–H and O–H groups in total. The molecule has 30 heavy (non-hydrogen) atoms. The number of nitrogens with zero attached hydrogens (tertiary/aromatic N) is 1. The molecular weight excluding hydrogens is 378 g/mol. The van der Waals surface area contributed by atoms with Crippen molar-refractivity contribution in [2.24, 2.45) is 0 Å². The summed E-state index contributed by atoms with van der Waals surface area (Å²) >= 11 is 0. The summed E-state index contributed by atoms with van der Waals surface area (Å²) in [6.07, 6.45) is 3.55. The van der Waals surface area contributed by atoms with Crippen molar-refractivity contribution in [3.05, 3.63) is 66.5 Å². The quantitative estimate of drug-likeness (QED) is 0.408. The molecule has 0 radical (unpaired) electrons. The standard InChI is InChI=1S/C16H20N2O3.C8H7N/c1-16(2,3)21-15(19)18-8-9-20-14-5-4-13-11(6-7-17-13)12(14)10-18;1-2-4-8-7(3-1)5-6-9-8/h4-7,17H,8-10H2,1-3H3;1-6,9H. The zero-order valence-corrected chi connectivity index (χ0v) is 17.6. The van der Waals surface area contributed by atoms with Gasteiger partial charge in [-0.1, -0.05) is 18.2 Å². The van der Waals surface area contributed by atoms with Gasteiger partial charge in [-0.15, -0.1) is 0 Å². The molecule has 2 aromatic heterocycles. The third kappa shape index (κ3) is 4.43. The second-order valence-electron chi connectivity index (χ2n) is 8.30.